The molecule has 1 atom stereocenters. The Labute approximate surface area is 405 Å². The van der Waals surface area contributed by atoms with Crippen molar-refractivity contribution in [3.8, 4) is 0 Å². The number of allylic oxidation sites excluding steroid dienone is 4. The summed E-state index contributed by atoms with van der Waals surface area (Å²) in [5.74, 6) is 4.77. The Morgan fingerprint density at radius 2 is 0.708 bits per heavy atom. The molecule has 6 aliphatic carbocycles. The van der Waals surface area contributed by atoms with Crippen molar-refractivity contribution >= 4 is 5.57 Å². The van der Waals surface area contributed by atoms with E-state index in [0.29, 0.717) is 0 Å². The summed E-state index contributed by atoms with van der Waals surface area (Å²) in [7, 11) is 0. The molecular formula is C65H100. The second kappa shape index (κ2) is 36.5. The first-order chi connectivity index (χ1) is 31.8. The van der Waals surface area contributed by atoms with E-state index in [1.54, 1.807) is 42.4 Å². The van der Waals surface area contributed by atoms with Gasteiger partial charge in [0.05, 0.1) is 0 Å². The van der Waals surface area contributed by atoms with E-state index in [-0.39, 0.29) is 8.85 Å². The minimum Gasteiger partial charge on any atom is -0.0885 e. The van der Waals surface area contributed by atoms with Crippen LogP contribution < -0.4 is 0 Å². The van der Waals surface area contributed by atoms with Crippen LogP contribution in [0.2, 0.25) is 0 Å². The van der Waals surface area contributed by atoms with Gasteiger partial charge in [-0.15, -0.1) is 0 Å². The monoisotopic (exact) mass is 881 g/mol. The third kappa shape index (κ3) is 22.1. The normalized spacial score (nSPS) is 20.0. The van der Waals surface area contributed by atoms with E-state index in [1.165, 1.54) is 159 Å². The van der Waals surface area contributed by atoms with Gasteiger partial charge in [-0.2, -0.15) is 0 Å². The highest BCUT2D eigenvalue weighted by Crippen LogP contribution is 2.38. The lowest BCUT2D eigenvalue weighted by Gasteiger charge is -2.32. The van der Waals surface area contributed by atoms with Crippen LogP contribution in [-0.4, -0.2) is 0 Å². The lowest BCUT2D eigenvalue weighted by molar-refractivity contribution is 0.196. The van der Waals surface area contributed by atoms with Crippen LogP contribution in [0.3, 0.4) is 0 Å². The van der Waals surface area contributed by atoms with Crippen molar-refractivity contribution in [2.24, 2.45) is 11.8 Å². The van der Waals surface area contributed by atoms with E-state index in [4.69, 9.17) is 0 Å². The molecule has 0 bridgehead atoms. The average Bonchev–Trinajstić information content (AvgIpc) is 3.43. The first-order valence-electron chi connectivity index (χ1n) is 27.4. The molecule has 0 heterocycles. The maximum absolute atomic E-state index is 2.39. The molecule has 0 aromatic heterocycles. The van der Waals surface area contributed by atoms with Crippen molar-refractivity contribution in [1.82, 2.24) is 0 Å². The summed E-state index contributed by atoms with van der Waals surface area (Å²) in [6.45, 7) is 8.00. The van der Waals surface area contributed by atoms with Gasteiger partial charge in [-0.05, 0) is 128 Å². The average molecular weight is 882 g/mol. The number of hydrogen-bond acceptors (Lipinski definition) is 0. The summed E-state index contributed by atoms with van der Waals surface area (Å²) in [5.41, 5.74) is 7.57. The Balaban J connectivity index is 0.000000276. The summed E-state index contributed by atoms with van der Waals surface area (Å²) >= 11 is 0. The smallest absolute Gasteiger partial charge is 0 e. The molecule has 0 radical (unpaired) electrons. The molecule has 0 spiro atoms. The predicted octanol–water partition coefficient (Wildman–Crippen LogP) is 21.7. The van der Waals surface area contributed by atoms with Crippen LogP contribution in [0.1, 0.15) is 250 Å². The zero-order valence-corrected chi connectivity index (χ0v) is 41.8. The Bertz CT molecular complexity index is 1620. The van der Waals surface area contributed by atoms with Gasteiger partial charge in [-0.1, -0.05) is 277 Å². The fourth-order valence-electron chi connectivity index (χ4n) is 11.1. The largest absolute Gasteiger partial charge is 0.0885 e. The minimum atomic E-state index is 0. The van der Waals surface area contributed by atoms with Crippen LogP contribution >= 0.6 is 0 Å². The first kappa shape index (κ1) is 55.7. The molecule has 4 fully saturated rings. The van der Waals surface area contributed by atoms with Crippen molar-refractivity contribution < 1.29 is 1.43 Å². The second-order valence-electron chi connectivity index (χ2n) is 19.0. The Morgan fingerprint density at radius 1 is 0.338 bits per heavy atom. The van der Waals surface area contributed by atoms with Crippen molar-refractivity contribution in [3.63, 3.8) is 0 Å². The third-order valence-electron chi connectivity index (χ3n) is 14.7. The molecule has 10 rings (SSSR count). The maximum Gasteiger partial charge on any atom is 0 e. The van der Waals surface area contributed by atoms with Gasteiger partial charge in [0, 0.05) is 1.43 Å². The Kier molecular flexibility index (Phi) is 31.2. The van der Waals surface area contributed by atoms with Gasteiger partial charge < -0.3 is 0 Å². The van der Waals surface area contributed by atoms with Crippen LogP contribution in [0.4, 0.5) is 0 Å². The van der Waals surface area contributed by atoms with Crippen LogP contribution in [0.15, 0.2) is 140 Å². The highest BCUT2D eigenvalue weighted by molar-refractivity contribution is 5.65. The molecule has 0 amide bonds. The predicted molar refractivity (Wildman–Crippen MR) is 294 cm³/mol. The molecule has 1 unspecified atom stereocenters. The summed E-state index contributed by atoms with van der Waals surface area (Å²) in [6, 6.07) is 43.5. The fourth-order valence-corrected chi connectivity index (χ4v) is 11.1. The van der Waals surface area contributed by atoms with Crippen molar-refractivity contribution in [2.45, 2.75) is 226 Å². The van der Waals surface area contributed by atoms with Gasteiger partial charge in [0.2, 0.25) is 0 Å². The molecule has 6 aliphatic rings. The van der Waals surface area contributed by atoms with Gasteiger partial charge in [-0.25, -0.2) is 0 Å². The lowest BCUT2D eigenvalue weighted by Crippen LogP contribution is -2.20. The molecule has 360 valence electrons. The fraction of sp³-hybridized carbons (Fsp3) is 0.569. The Hall–Kier alpha value is -3.64. The third-order valence-corrected chi connectivity index (χ3v) is 14.7. The van der Waals surface area contributed by atoms with Crippen molar-refractivity contribution in [1.29, 1.82) is 0 Å². The topological polar surface area (TPSA) is 0 Å². The minimum absolute atomic E-state index is 0. The van der Waals surface area contributed by atoms with Crippen LogP contribution in [0.25, 0.3) is 5.57 Å². The molecule has 0 saturated heterocycles. The van der Waals surface area contributed by atoms with E-state index in [1.807, 2.05) is 27.7 Å². The lowest BCUT2D eigenvalue weighted by atomic mass is 9.73. The van der Waals surface area contributed by atoms with Crippen LogP contribution in [0.5, 0.6) is 0 Å². The van der Waals surface area contributed by atoms with Crippen LogP contribution in [-0.2, 0) is 0 Å². The Morgan fingerprint density at radius 3 is 1.06 bits per heavy atom. The summed E-state index contributed by atoms with van der Waals surface area (Å²) in [6.07, 6.45) is 45.7. The first-order valence-corrected chi connectivity index (χ1v) is 27.4. The molecule has 4 aromatic rings. The molecule has 4 aromatic carbocycles. The SMILES string of the molecule is C.C1=C(c2ccccc2)CCCC1.C1=CCC(c2ccccc2)CC1.C1CCC(C2CCCCC2)CC1.CC.CC.[HH].c1ccc(C2CCCCC2)cc1.c1ccc(C2CCCCC2)cc1. The second-order valence-corrected chi connectivity index (χ2v) is 19.0. The number of hydrogen-bond donors (Lipinski definition) is 0. The highest BCUT2D eigenvalue weighted by atomic mass is 14.3. The summed E-state index contributed by atoms with van der Waals surface area (Å²) in [5, 5.41) is 0. The van der Waals surface area contributed by atoms with Crippen LogP contribution in [0, 0.1) is 11.8 Å². The zero-order valence-electron chi connectivity index (χ0n) is 41.8. The van der Waals surface area contributed by atoms with Crippen molar-refractivity contribution in [2.75, 3.05) is 0 Å². The molecule has 65 heavy (non-hydrogen) atoms. The standard InChI is InChI=1S/C12H22.2C12H16.2C12H14.2C2H6.CH4.H2/c5*1-3-7-11(8-4-1)12-9-5-2-6-10-12;2*1-2;;/h11-12H,1-10H2;2*1,3-4,7-8,12H,2,5-6,9-10H2;1,3-4,7-9H,2,5-6,10H2;1-5,7-8,12H,6,9-10H2;2*1-2H3;1H4;1H. The quantitative estimate of drug-likeness (QED) is 0.175. The van der Waals surface area contributed by atoms with E-state index < -0.39 is 0 Å². The molecule has 0 heteroatoms. The zero-order chi connectivity index (χ0) is 45.1. The van der Waals surface area contributed by atoms with Gasteiger partial charge in [0.15, 0.2) is 0 Å². The number of benzene rings is 4. The van der Waals surface area contributed by atoms with Gasteiger partial charge in [0.1, 0.15) is 0 Å². The molecule has 0 N–H and O–H groups in total. The molecule has 0 aliphatic heterocycles. The molecule has 0 nitrogen and oxygen atoms in total. The van der Waals surface area contributed by atoms with E-state index in [9.17, 15) is 0 Å². The van der Waals surface area contributed by atoms with Gasteiger partial charge in [-0.3, -0.25) is 0 Å². The van der Waals surface area contributed by atoms with Gasteiger partial charge >= 0.3 is 0 Å². The molecule has 4 saturated carbocycles. The van der Waals surface area contributed by atoms with E-state index in [0.717, 1.165) is 29.6 Å². The summed E-state index contributed by atoms with van der Waals surface area (Å²) in [4.78, 5) is 0. The molecular weight excluding hydrogens is 781 g/mol. The highest BCUT2D eigenvalue weighted by Gasteiger charge is 2.24. The van der Waals surface area contributed by atoms with E-state index >= 15 is 0 Å². The van der Waals surface area contributed by atoms with Gasteiger partial charge in [0.25, 0.3) is 0 Å². The maximum atomic E-state index is 2.39. The van der Waals surface area contributed by atoms with E-state index in [2.05, 4.69) is 140 Å². The number of rotatable bonds is 5. The summed E-state index contributed by atoms with van der Waals surface area (Å²) < 4.78 is 0. The van der Waals surface area contributed by atoms with Crippen molar-refractivity contribution in [3.05, 3.63) is 162 Å².